The fraction of sp³-hybridized carbons (Fsp3) is 0.0833. The van der Waals surface area contributed by atoms with Crippen molar-refractivity contribution in [2.24, 2.45) is 0 Å². The summed E-state index contributed by atoms with van der Waals surface area (Å²) in [5.74, 6) is 0. The molecule has 30 heavy (non-hydrogen) atoms. The van der Waals surface area contributed by atoms with Crippen LogP contribution >= 0.6 is 0 Å². The van der Waals surface area contributed by atoms with Gasteiger partial charge >= 0.3 is 12.4 Å². The second-order valence-electron chi connectivity index (χ2n) is 6.51. The van der Waals surface area contributed by atoms with Gasteiger partial charge in [0.25, 0.3) is 0 Å². The Labute approximate surface area is 169 Å². The fourth-order valence-electron chi connectivity index (χ4n) is 2.91. The molecule has 0 amide bonds. The minimum absolute atomic E-state index is 0.0115. The molecule has 0 aliphatic carbocycles. The van der Waals surface area contributed by atoms with Crippen molar-refractivity contribution >= 4 is 23.3 Å². The molecular weight excluding hydrogens is 402 g/mol. The van der Waals surface area contributed by atoms with Gasteiger partial charge in [-0.2, -0.15) is 26.3 Å². The van der Waals surface area contributed by atoms with Crippen LogP contribution in [0.3, 0.4) is 0 Å². The van der Waals surface area contributed by atoms with Crippen molar-refractivity contribution in [2.75, 3.05) is 0 Å². The average molecular weight is 418 g/mol. The van der Waals surface area contributed by atoms with Gasteiger partial charge in [-0.3, -0.25) is 0 Å². The monoisotopic (exact) mass is 418 g/mol. The summed E-state index contributed by atoms with van der Waals surface area (Å²) in [5.41, 5.74) is -1.17. The molecule has 0 aliphatic rings. The van der Waals surface area contributed by atoms with Gasteiger partial charge in [-0.05, 0) is 34.4 Å². The van der Waals surface area contributed by atoms with Crippen LogP contribution in [0, 0.1) is 0 Å². The standard InChI is InChI=1S/C24H16F6/c25-23(26,27)21(19-7-3-1-4-8-19)15-17-11-13-18(14-12-17)16-22(24(28,29)30)20-9-5-2-6-10-20/h1-16H/b21-15+,22-16+. The fourth-order valence-corrected chi connectivity index (χ4v) is 2.91. The van der Waals surface area contributed by atoms with Crippen LogP contribution in [0.4, 0.5) is 26.3 Å². The Morgan fingerprint density at radius 3 is 1.03 bits per heavy atom. The SMILES string of the molecule is FC(F)(F)/C(=C/c1ccc(/C=C(\c2ccccc2)C(F)(F)F)cc1)c1ccccc1. The molecule has 3 rings (SSSR count). The lowest BCUT2D eigenvalue weighted by molar-refractivity contribution is -0.0692. The quantitative estimate of drug-likeness (QED) is 0.298. The van der Waals surface area contributed by atoms with Gasteiger partial charge in [0.05, 0.1) is 11.1 Å². The molecule has 0 spiro atoms. The van der Waals surface area contributed by atoms with E-state index in [0.29, 0.717) is 0 Å². The number of allylic oxidation sites excluding steroid dienone is 2. The minimum atomic E-state index is -4.57. The number of halogens is 6. The third-order valence-electron chi connectivity index (χ3n) is 4.34. The average Bonchev–Trinajstić information content (AvgIpc) is 2.71. The highest BCUT2D eigenvalue weighted by atomic mass is 19.4. The molecule has 0 N–H and O–H groups in total. The molecule has 0 atom stereocenters. The number of alkyl halides is 6. The van der Waals surface area contributed by atoms with Gasteiger partial charge in [-0.15, -0.1) is 0 Å². The Morgan fingerprint density at radius 1 is 0.467 bits per heavy atom. The molecule has 3 aromatic carbocycles. The van der Waals surface area contributed by atoms with Crippen LogP contribution < -0.4 is 0 Å². The van der Waals surface area contributed by atoms with E-state index < -0.39 is 23.5 Å². The van der Waals surface area contributed by atoms with Crippen LogP contribution in [-0.4, -0.2) is 12.4 Å². The molecule has 0 heterocycles. The van der Waals surface area contributed by atoms with Gasteiger partial charge in [-0.1, -0.05) is 84.9 Å². The normalized spacial score (nSPS) is 13.4. The number of benzene rings is 3. The van der Waals surface area contributed by atoms with Crippen molar-refractivity contribution in [2.45, 2.75) is 12.4 Å². The summed E-state index contributed by atoms with van der Waals surface area (Å²) >= 11 is 0. The Morgan fingerprint density at radius 2 is 0.767 bits per heavy atom. The zero-order chi connectivity index (χ0) is 21.8. The maximum absolute atomic E-state index is 13.5. The Kier molecular flexibility index (Phi) is 6.15. The van der Waals surface area contributed by atoms with E-state index in [2.05, 4.69) is 0 Å². The summed E-state index contributed by atoms with van der Waals surface area (Å²) in [4.78, 5) is 0. The first-order valence-electron chi connectivity index (χ1n) is 8.93. The highest BCUT2D eigenvalue weighted by molar-refractivity contribution is 5.86. The molecule has 0 fully saturated rings. The van der Waals surface area contributed by atoms with E-state index in [-0.39, 0.29) is 22.3 Å². The smallest absolute Gasteiger partial charge is 0.166 e. The van der Waals surface area contributed by atoms with Crippen molar-refractivity contribution in [3.05, 3.63) is 107 Å². The van der Waals surface area contributed by atoms with Crippen LogP contribution in [0.15, 0.2) is 84.9 Å². The van der Waals surface area contributed by atoms with E-state index in [1.807, 2.05) is 0 Å². The van der Waals surface area contributed by atoms with E-state index in [0.717, 1.165) is 12.2 Å². The summed E-state index contributed by atoms with van der Waals surface area (Å²) in [6, 6.07) is 20.1. The maximum Gasteiger partial charge on any atom is 0.417 e. The summed E-state index contributed by atoms with van der Waals surface area (Å²) in [7, 11) is 0. The van der Waals surface area contributed by atoms with Crippen LogP contribution in [0.1, 0.15) is 22.3 Å². The lowest BCUT2D eigenvalue weighted by atomic mass is 10.00. The highest BCUT2D eigenvalue weighted by Crippen LogP contribution is 2.37. The zero-order valence-corrected chi connectivity index (χ0v) is 15.5. The third-order valence-corrected chi connectivity index (χ3v) is 4.34. The molecule has 0 radical (unpaired) electrons. The van der Waals surface area contributed by atoms with Gasteiger partial charge in [0.1, 0.15) is 0 Å². The van der Waals surface area contributed by atoms with Crippen LogP contribution in [0.25, 0.3) is 23.3 Å². The lowest BCUT2D eigenvalue weighted by Gasteiger charge is -2.13. The maximum atomic E-state index is 13.5. The first-order chi connectivity index (χ1) is 14.1. The molecule has 0 aromatic heterocycles. The van der Waals surface area contributed by atoms with Crippen molar-refractivity contribution in [1.82, 2.24) is 0 Å². The topological polar surface area (TPSA) is 0 Å². The molecule has 0 saturated carbocycles. The van der Waals surface area contributed by atoms with E-state index in [4.69, 9.17) is 0 Å². The molecule has 6 heteroatoms. The molecular formula is C24H16F6. The first-order valence-corrected chi connectivity index (χ1v) is 8.93. The molecule has 0 unspecified atom stereocenters. The van der Waals surface area contributed by atoms with Crippen molar-refractivity contribution in [3.63, 3.8) is 0 Å². The van der Waals surface area contributed by atoms with Gasteiger partial charge < -0.3 is 0 Å². The highest BCUT2D eigenvalue weighted by Gasteiger charge is 2.35. The molecule has 0 nitrogen and oxygen atoms in total. The second-order valence-corrected chi connectivity index (χ2v) is 6.51. The first kappa shape index (κ1) is 21.4. The largest absolute Gasteiger partial charge is 0.417 e. The Balaban J connectivity index is 1.97. The van der Waals surface area contributed by atoms with E-state index >= 15 is 0 Å². The van der Waals surface area contributed by atoms with Crippen LogP contribution in [0.2, 0.25) is 0 Å². The van der Waals surface area contributed by atoms with Crippen LogP contribution in [-0.2, 0) is 0 Å². The molecule has 0 saturated heterocycles. The van der Waals surface area contributed by atoms with Crippen molar-refractivity contribution in [3.8, 4) is 0 Å². The van der Waals surface area contributed by atoms with Gasteiger partial charge in [0.2, 0.25) is 0 Å². The predicted octanol–water partition coefficient (Wildman–Crippen LogP) is 7.89. The molecule has 0 aliphatic heterocycles. The Hall–Kier alpha value is -3.28. The van der Waals surface area contributed by atoms with Crippen molar-refractivity contribution in [1.29, 1.82) is 0 Å². The second kappa shape index (κ2) is 8.61. The number of hydrogen-bond donors (Lipinski definition) is 0. The molecule has 0 bridgehead atoms. The summed E-state index contributed by atoms with van der Waals surface area (Å²) < 4.78 is 80.8. The Bertz CT molecular complexity index is 939. The summed E-state index contributed by atoms with van der Waals surface area (Å²) in [6.45, 7) is 0. The molecule has 3 aromatic rings. The summed E-state index contributed by atoms with van der Waals surface area (Å²) in [5, 5.41) is 0. The van der Waals surface area contributed by atoms with Crippen molar-refractivity contribution < 1.29 is 26.3 Å². The zero-order valence-electron chi connectivity index (χ0n) is 15.5. The third kappa shape index (κ3) is 5.41. The predicted molar refractivity (Wildman–Crippen MR) is 107 cm³/mol. The van der Waals surface area contributed by atoms with Gasteiger partial charge in [0, 0.05) is 0 Å². The lowest BCUT2D eigenvalue weighted by Crippen LogP contribution is -2.10. The van der Waals surface area contributed by atoms with E-state index in [1.54, 1.807) is 12.1 Å². The minimum Gasteiger partial charge on any atom is -0.166 e. The number of hydrogen-bond acceptors (Lipinski definition) is 0. The van der Waals surface area contributed by atoms with Gasteiger partial charge in [-0.25, -0.2) is 0 Å². The van der Waals surface area contributed by atoms with E-state index in [1.165, 1.54) is 72.8 Å². The number of rotatable bonds is 4. The summed E-state index contributed by atoms with van der Waals surface area (Å²) in [6.07, 6.45) is -7.19. The van der Waals surface area contributed by atoms with E-state index in [9.17, 15) is 26.3 Å². The van der Waals surface area contributed by atoms with Gasteiger partial charge in [0.15, 0.2) is 0 Å². The molecule has 154 valence electrons. The van der Waals surface area contributed by atoms with Crippen LogP contribution in [0.5, 0.6) is 0 Å².